The van der Waals surface area contributed by atoms with Crippen LogP contribution >= 0.6 is 0 Å². The Kier molecular flexibility index (Phi) is 4.06. The smallest absolute Gasteiger partial charge is 0.231 e. The molecule has 1 atom stereocenters. The predicted octanol–water partition coefficient (Wildman–Crippen LogP) is 5.89. The SMILES string of the molecule is COc1cc([C@H]2Nc3ccc4ccccc4c3C3=C2C(=O)CC(C)(C)C3)cc2c1OCO2. The maximum Gasteiger partial charge on any atom is 0.231 e. The van der Waals surface area contributed by atoms with E-state index in [1.165, 1.54) is 10.8 Å². The Bertz CT molecular complexity index is 1320. The summed E-state index contributed by atoms with van der Waals surface area (Å²) in [4.78, 5) is 13.6. The van der Waals surface area contributed by atoms with Crippen LogP contribution in [0.1, 0.15) is 43.9 Å². The zero-order valence-corrected chi connectivity index (χ0v) is 18.5. The second kappa shape index (κ2) is 6.76. The van der Waals surface area contributed by atoms with E-state index < -0.39 is 0 Å². The third-order valence-electron chi connectivity index (χ3n) is 6.75. The second-order valence-corrected chi connectivity index (χ2v) is 9.58. The first kappa shape index (κ1) is 19.2. The number of fused-ring (bicyclic) bond motifs is 5. The highest BCUT2D eigenvalue weighted by molar-refractivity contribution is 6.12. The summed E-state index contributed by atoms with van der Waals surface area (Å²) in [5.74, 6) is 2.08. The van der Waals surface area contributed by atoms with Crippen LogP contribution in [0.15, 0.2) is 54.1 Å². The van der Waals surface area contributed by atoms with Crippen LogP contribution in [0.4, 0.5) is 5.69 Å². The highest BCUT2D eigenvalue weighted by Gasteiger charge is 2.41. The van der Waals surface area contributed by atoms with Crippen LogP contribution in [0.2, 0.25) is 0 Å². The van der Waals surface area contributed by atoms with Gasteiger partial charge < -0.3 is 19.5 Å². The maximum atomic E-state index is 13.6. The van der Waals surface area contributed by atoms with Crippen molar-refractivity contribution in [2.24, 2.45) is 5.41 Å². The van der Waals surface area contributed by atoms with E-state index in [1.807, 2.05) is 12.1 Å². The summed E-state index contributed by atoms with van der Waals surface area (Å²) in [6.07, 6.45) is 1.39. The first-order valence-corrected chi connectivity index (χ1v) is 11.0. The molecule has 32 heavy (non-hydrogen) atoms. The minimum atomic E-state index is -0.273. The van der Waals surface area contributed by atoms with E-state index in [0.29, 0.717) is 23.7 Å². The number of hydrogen-bond acceptors (Lipinski definition) is 5. The number of hydrogen-bond donors (Lipinski definition) is 1. The second-order valence-electron chi connectivity index (χ2n) is 9.58. The van der Waals surface area contributed by atoms with E-state index in [4.69, 9.17) is 14.2 Å². The molecule has 3 aromatic carbocycles. The molecule has 0 saturated carbocycles. The molecule has 2 heterocycles. The van der Waals surface area contributed by atoms with Gasteiger partial charge in [0.15, 0.2) is 17.3 Å². The van der Waals surface area contributed by atoms with Crippen molar-refractivity contribution in [2.75, 3.05) is 19.2 Å². The topological polar surface area (TPSA) is 56.8 Å². The Balaban J connectivity index is 1.61. The Morgan fingerprint density at radius 1 is 1.06 bits per heavy atom. The van der Waals surface area contributed by atoms with E-state index in [2.05, 4.69) is 55.6 Å². The molecule has 0 fully saturated rings. The van der Waals surface area contributed by atoms with Crippen molar-refractivity contribution < 1.29 is 19.0 Å². The number of benzene rings is 3. The van der Waals surface area contributed by atoms with Crippen LogP contribution in [0.5, 0.6) is 17.2 Å². The summed E-state index contributed by atoms with van der Waals surface area (Å²) in [7, 11) is 1.62. The normalized spacial score (nSPS) is 20.6. The molecule has 0 spiro atoms. The monoisotopic (exact) mass is 427 g/mol. The first-order valence-electron chi connectivity index (χ1n) is 11.0. The van der Waals surface area contributed by atoms with Gasteiger partial charge in [-0.2, -0.15) is 0 Å². The molecule has 0 aromatic heterocycles. The highest BCUT2D eigenvalue weighted by Crippen LogP contribution is 2.53. The van der Waals surface area contributed by atoms with Gasteiger partial charge in [0.05, 0.1) is 13.2 Å². The Hall–Kier alpha value is -3.47. The van der Waals surface area contributed by atoms with Gasteiger partial charge in [0.25, 0.3) is 0 Å². The molecular formula is C27H25NO4. The molecule has 0 bridgehead atoms. The molecule has 162 valence electrons. The molecule has 0 unspecified atom stereocenters. The van der Waals surface area contributed by atoms with Crippen LogP contribution in [0.25, 0.3) is 16.3 Å². The molecule has 3 aromatic rings. The number of nitrogens with one attached hydrogen (secondary N) is 1. The third kappa shape index (κ3) is 2.80. The molecule has 1 aliphatic carbocycles. The number of anilines is 1. The Morgan fingerprint density at radius 2 is 1.91 bits per heavy atom. The Morgan fingerprint density at radius 3 is 2.75 bits per heavy atom. The standard InChI is InChI=1S/C27H25NO4/c1-27(2)12-18-23-17-7-5-4-6-15(17)8-9-19(23)28-25(24(18)20(29)13-27)16-10-21(30-3)26-22(11-16)31-14-32-26/h4-11,25,28H,12-14H2,1-3H3/t25-/m1/s1. The average Bonchev–Trinajstić information content (AvgIpc) is 3.25. The summed E-state index contributed by atoms with van der Waals surface area (Å²) >= 11 is 0. The van der Waals surface area contributed by atoms with Gasteiger partial charge >= 0.3 is 0 Å². The van der Waals surface area contributed by atoms with E-state index in [9.17, 15) is 4.79 Å². The number of methoxy groups -OCH3 is 1. The summed E-state index contributed by atoms with van der Waals surface area (Å²) in [6.45, 7) is 4.53. The lowest BCUT2D eigenvalue weighted by atomic mass is 9.68. The summed E-state index contributed by atoms with van der Waals surface area (Å²) in [6, 6.07) is 16.3. The van der Waals surface area contributed by atoms with Crippen molar-refractivity contribution in [3.8, 4) is 17.2 Å². The Labute approximate surface area is 187 Å². The number of carbonyl (C=O) groups excluding carboxylic acids is 1. The lowest BCUT2D eigenvalue weighted by Gasteiger charge is -2.40. The average molecular weight is 428 g/mol. The molecule has 0 saturated heterocycles. The molecule has 6 rings (SSSR count). The van der Waals surface area contributed by atoms with Gasteiger partial charge in [-0.15, -0.1) is 0 Å². The highest BCUT2D eigenvalue weighted by atomic mass is 16.7. The van der Waals surface area contributed by atoms with Crippen molar-refractivity contribution in [1.29, 1.82) is 0 Å². The van der Waals surface area contributed by atoms with Gasteiger partial charge in [0, 0.05) is 23.2 Å². The minimum absolute atomic E-state index is 0.0847. The zero-order valence-electron chi connectivity index (χ0n) is 18.5. The van der Waals surface area contributed by atoms with Crippen molar-refractivity contribution in [2.45, 2.75) is 32.7 Å². The fraction of sp³-hybridized carbons (Fsp3) is 0.296. The quantitative estimate of drug-likeness (QED) is 0.553. The third-order valence-corrected chi connectivity index (χ3v) is 6.75. The molecule has 0 radical (unpaired) electrons. The lowest BCUT2D eigenvalue weighted by Crippen LogP contribution is -2.33. The van der Waals surface area contributed by atoms with E-state index >= 15 is 0 Å². The number of ketones is 1. The van der Waals surface area contributed by atoms with Crippen LogP contribution in [-0.2, 0) is 4.79 Å². The van der Waals surface area contributed by atoms with Crippen LogP contribution in [0, 0.1) is 5.41 Å². The van der Waals surface area contributed by atoms with Gasteiger partial charge in [-0.25, -0.2) is 0 Å². The molecular weight excluding hydrogens is 402 g/mol. The predicted molar refractivity (Wildman–Crippen MR) is 124 cm³/mol. The number of carbonyl (C=O) groups is 1. The lowest BCUT2D eigenvalue weighted by molar-refractivity contribution is -0.118. The zero-order chi connectivity index (χ0) is 22.0. The van der Waals surface area contributed by atoms with Crippen LogP contribution in [-0.4, -0.2) is 19.7 Å². The van der Waals surface area contributed by atoms with Gasteiger partial charge in [0.2, 0.25) is 12.5 Å². The molecule has 0 amide bonds. The number of rotatable bonds is 2. The molecule has 1 N–H and O–H groups in total. The van der Waals surface area contributed by atoms with Gasteiger partial charge in [-0.1, -0.05) is 44.2 Å². The van der Waals surface area contributed by atoms with E-state index in [0.717, 1.165) is 34.4 Å². The summed E-state index contributed by atoms with van der Waals surface area (Å²) in [5.41, 5.74) is 5.06. The van der Waals surface area contributed by atoms with Crippen molar-refractivity contribution in [3.63, 3.8) is 0 Å². The molecule has 5 heteroatoms. The van der Waals surface area contributed by atoms with Crippen molar-refractivity contribution in [3.05, 3.63) is 65.2 Å². The number of allylic oxidation sites excluding steroid dienone is 1. The van der Waals surface area contributed by atoms with Gasteiger partial charge in [0.1, 0.15) is 0 Å². The fourth-order valence-corrected chi connectivity index (χ4v) is 5.40. The summed E-state index contributed by atoms with van der Waals surface area (Å²) in [5, 5.41) is 6.03. The molecule has 5 nitrogen and oxygen atoms in total. The fourth-order valence-electron chi connectivity index (χ4n) is 5.40. The van der Waals surface area contributed by atoms with E-state index in [-0.39, 0.29) is 24.0 Å². The maximum absolute atomic E-state index is 13.6. The number of Topliss-reactive ketones (excluding diaryl/α,β-unsaturated/α-hetero) is 1. The molecule has 3 aliphatic rings. The van der Waals surface area contributed by atoms with Crippen LogP contribution < -0.4 is 19.5 Å². The van der Waals surface area contributed by atoms with E-state index in [1.54, 1.807) is 7.11 Å². The minimum Gasteiger partial charge on any atom is -0.493 e. The van der Waals surface area contributed by atoms with Crippen LogP contribution in [0.3, 0.4) is 0 Å². The number of ether oxygens (including phenoxy) is 3. The summed E-state index contributed by atoms with van der Waals surface area (Å²) < 4.78 is 16.8. The van der Waals surface area contributed by atoms with Gasteiger partial charge in [-0.05, 0) is 51.9 Å². The first-order chi connectivity index (χ1) is 15.4. The molecule has 2 aliphatic heterocycles. The van der Waals surface area contributed by atoms with Gasteiger partial charge in [-0.3, -0.25) is 4.79 Å². The largest absolute Gasteiger partial charge is 0.493 e. The van der Waals surface area contributed by atoms with Crippen molar-refractivity contribution >= 4 is 27.8 Å². The van der Waals surface area contributed by atoms with Crippen molar-refractivity contribution in [1.82, 2.24) is 0 Å².